The van der Waals surface area contributed by atoms with E-state index in [1.54, 1.807) is 5.54 Å². The molecule has 118 valence electrons. The van der Waals surface area contributed by atoms with Crippen LogP contribution in [0.3, 0.4) is 0 Å². The summed E-state index contributed by atoms with van der Waals surface area (Å²) in [6, 6.07) is 19.9. The van der Waals surface area contributed by atoms with Crippen molar-refractivity contribution in [2.45, 2.75) is 32.6 Å². The Morgan fingerprint density at radius 3 is 2.43 bits per heavy atom. The Morgan fingerprint density at radius 2 is 1.70 bits per heavy atom. The molecule has 0 bridgehead atoms. The molecule has 0 saturated heterocycles. The Morgan fingerprint density at radius 1 is 0.957 bits per heavy atom. The summed E-state index contributed by atoms with van der Waals surface area (Å²) in [6.07, 6.45) is 6.88. The molecule has 0 N–H and O–H groups in total. The second-order valence-electron chi connectivity index (χ2n) is 6.26. The standard InChI is InChI=1S/C22H23Cl/c1-2-3-7-17(12-13-23)14-20-10-6-11-21-15-18-8-4-5-9-19(18)16-22(20)21/h4-6,8-13,15-17H,2-3,7,14H2,1H3. The van der Waals surface area contributed by atoms with Crippen LogP contribution in [-0.4, -0.2) is 0 Å². The van der Waals surface area contributed by atoms with Crippen LogP contribution in [0.4, 0.5) is 0 Å². The highest BCUT2D eigenvalue weighted by molar-refractivity contribution is 6.25. The number of unbranched alkanes of at least 4 members (excludes halogenated alkanes) is 1. The lowest BCUT2D eigenvalue weighted by molar-refractivity contribution is 0.554. The lowest BCUT2D eigenvalue weighted by atomic mass is 9.90. The molecule has 0 aliphatic carbocycles. The van der Waals surface area contributed by atoms with Crippen LogP contribution in [0, 0.1) is 5.92 Å². The molecular weight excluding hydrogens is 300 g/mol. The summed E-state index contributed by atoms with van der Waals surface area (Å²) in [5.74, 6) is 0.518. The van der Waals surface area contributed by atoms with Crippen LogP contribution < -0.4 is 0 Å². The summed E-state index contributed by atoms with van der Waals surface area (Å²) in [5.41, 5.74) is 3.10. The zero-order valence-electron chi connectivity index (χ0n) is 13.6. The third-order valence-electron chi connectivity index (χ3n) is 4.59. The van der Waals surface area contributed by atoms with Crippen LogP contribution in [0.2, 0.25) is 0 Å². The Hall–Kier alpha value is -1.79. The van der Waals surface area contributed by atoms with Gasteiger partial charge in [-0.2, -0.15) is 0 Å². The monoisotopic (exact) mass is 322 g/mol. The summed E-state index contributed by atoms with van der Waals surface area (Å²) in [6.45, 7) is 2.24. The molecule has 0 saturated carbocycles. The smallest absolute Gasteiger partial charge is 0.000536 e. The summed E-state index contributed by atoms with van der Waals surface area (Å²) < 4.78 is 0. The van der Waals surface area contributed by atoms with Crippen LogP contribution >= 0.6 is 11.6 Å². The van der Waals surface area contributed by atoms with Gasteiger partial charge in [-0.3, -0.25) is 0 Å². The number of hydrogen-bond donors (Lipinski definition) is 0. The molecule has 0 aliphatic heterocycles. The highest BCUT2D eigenvalue weighted by Crippen LogP contribution is 2.28. The highest BCUT2D eigenvalue weighted by Gasteiger charge is 2.09. The quantitative estimate of drug-likeness (QED) is 0.425. The minimum absolute atomic E-state index is 0.518. The lowest BCUT2D eigenvalue weighted by Gasteiger charge is -2.14. The van der Waals surface area contributed by atoms with Gasteiger partial charge in [-0.1, -0.05) is 79.9 Å². The van der Waals surface area contributed by atoms with Crippen LogP contribution in [0.25, 0.3) is 21.5 Å². The Labute approximate surface area is 143 Å². The summed E-state index contributed by atoms with van der Waals surface area (Å²) in [5, 5.41) is 5.31. The fourth-order valence-electron chi connectivity index (χ4n) is 3.33. The van der Waals surface area contributed by atoms with E-state index in [-0.39, 0.29) is 0 Å². The van der Waals surface area contributed by atoms with Crippen molar-refractivity contribution in [3.05, 3.63) is 71.8 Å². The minimum atomic E-state index is 0.518. The molecule has 3 aromatic carbocycles. The van der Waals surface area contributed by atoms with Crippen molar-refractivity contribution in [2.75, 3.05) is 0 Å². The lowest BCUT2D eigenvalue weighted by Crippen LogP contribution is -2.02. The van der Waals surface area contributed by atoms with E-state index >= 15 is 0 Å². The average molecular weight is 323 g/mol. The zero-order valence-corrected chi connectivity index (χ0v) is 14.4. The van der Waals surface area contributed by atoms with E-state index in [4.69, 9.17) is 11.6 Å². The number of hydrogen-bond acceptors (Lipinski definition) is 0. The number of benzene rings is 3. The summed E-state index contributed by atoms with van der Waals surface area (Å²) in [4.78, 5) is 0. The second kappa shape index (κ2) is 7.66. The zero-order chi connectivity index (χ0) is 16.1. The van der Waals surface area contributed by atoms with Crippen molar-refractivity contribution in [3.63, 3.8) is 0 Å². The molecule has 0 spiro atoms. The normalized spacial score (nSPS) is 13.1. The van der Waals surface area contributed by atoms with Gasteiger partial charge < -0.3 is 0 Å². The van der Waals surface area contributed by atoms with Gasteiger partial charge in [0.15, 0.2) is 0 Å². The van der Waals surface area contributed by atoms with Gasteiger partial charge in [-0.15, -0.1) is 0 Å². The number of allylic oxidation sites excluding steroid dienone is 1. The summed E-state index contributed by atoms with van der Waals surface area (Å²) in [7, 11) is 0. The first-order chi connectivity index (χ1) is 11.3. The van der Waals surface area contributed by atoms with E-state index in [1.807, 2.05) is 0 Å². The SMILES string of the molecule is CCCCC(C=CCl)Cc1cccc2cc3ccccc3cc12. The van der Waals surface area contributed by atoms with Crippen molar-refractivity contribution in [1.29, 1.82) is 0 Å². The van der Waals surface area contributed by atoms with Crippen molar-refractivity contribution in [1.82, 2.24) is 0 Å². The molecule has 1 unspecified atom stereocenters. The predicted octanol–water partition coefficient (Wildman–Crippen LogP) is 7.09. The topological polar surface area (TPSA) is 0 Å². The van der Waals surface area contributed by atoms with Gasteiger partial charge in [0.25, 0.3) is 0 Å². The van der Waals surface area contributed by atoms with Gasteiger partial charge in [0.1, 0.15) is 0 Å². The molecule has 0 radical (unpaired) electrons. The van der Waals surface area contributed by atoms with Crippen molar-refractivity contribution in [2.24, 2.45) is 5.92 Å². The van der Waals surface area contributed by atoms with Crippen LogP contribution in [-0.2, 0) is 6.42 Å². The van der Waals surface area contributed by atoms with E-state index in [0.29, 0.717) is 5.92 Å². The molecular formula is C22H23Cl. The Kier molecular flexibility index (Phi) is 5.35. The highest BCUT2D eigenvalue weighted by atomic mass is 35.5. The average Bonchev–Trinajstić information content (AvgIpc) is 2.58. The molecule has 0 heterocycles. The Bertz CT molecular complexity index is 816. The second-order valence-corrected chi connectivity index (χ2v) is 6.51. The van der Waals surface area contributed by atoms with Crippen molar-refractivity contribution >= 4 is 33.1 Å². The molecule has 0 aromatic heterocycles. The molecule has 0 amide bonds. The molecule has 0 nitrogen and oxygen atoms in total. The molecule has 3 rings (SSSR count). The number of rotatable bonds is 6. The van der Waals surface area contributed by atoms with Gasteiger partial charge in [0, 0.05) is 5.54 Å². The van der Waals surface area contributed by atoms with E-state index in [9.17, 15) is 0 Å². The predicted molar refractivity (Wildman–Crippen MR) is 103 cm³/mol. The molecule has 0 fully saturated rings. The molecule has 23 heavy (non-hydrogen) atoms. The number of halogens is 1. The van der Waals surface area contributed by atoms with Gasteiger partial charge in [0.05, 0.1) is 0 Å². The third kappa shape index (κ3) is 3.76. The van der Waals surface area contributed by atoms with Gasteiger partial charge in [0.2, 0.25) is 0 Å². The fourth-order valence-corrected chi connectivity index (χ4v) is 3.53. The fraction of sp³-hybridized carbons (Fsp3) is 0.273. The first-order valence-corrected chi connectivity index (χ1v) is 8.92. The molecule has 3 aromatic rings. The third-order valence-corrected chi connectivity index (χ3v) is 4.74. The molecule has 1 atom stereocenters. The van der Waals surface area contributed by atoms with E-state index in [0.717, 1.165) is 6.42 Å². The number of fused-ring (bicyclic) bond motifs is 2. The molecule has 1 heteroatoms. The van der Waals surface area contributed by atoms with Crippen molar-refractivity contribution in [3.8, 4) is 0 Å². The van der Waals surface area contributed by atoms with Gasteiger partial charge in [-0.05, 0) is 58.0 Å². The van der Waals surface area contributed by atoms with E-state index in [2.05, 4.69) is 67.6 Å². The van der Waals surface area contributed by atoms with Gasteiger partial charge in [-0.25, -0.2) is 0 Å². The van der Waals surface area contributed by atoms with E-state index < -0.39 is 0 Å². The maximum atomic E-state index is 5.86. The van der Waals surface area contributed by atoms with Gasteiger partial charge >= 0.3 is 0 Å². The van der Waals surface area contributed by atoms with Crippen molar-refractivity contribution < 1.29 is 0 Å². The first kappa shape index (κ1) is 16.1. The first-order valence-electron chi connectivity index (χ1n) is 8.49. The van der Waals surface area contributed by atoms with Crippen LogP contribution in [0.5, 0.6) is 0 Å². The maximum Gasteiger partial charge on any atom is 0.000536 e. The molecule has 0 aliphatic rings. The Balaban J connectivity index is 2.00. The van der Waals surface area contributed by atoms with Crippen LogP contribution in [0.15, 0.2) is 66.2 Å². The summed E-state index contributed by atoms with van der Waals surface area (Å²) >= 11 is 5.86. The largest absolute Gasteiger partial charge is 0.0933 e. The van der Waals surface area contributed by atoms with E-state index in [1.165, 1.54) is 46.4 Å². The maximum absolute atomic E-state index is 5.86. The van der Waals surface area contributed by atoms with Crippen LogP contribution in [0.1, 0.15) is 31.7 Å². The minimum Gasteiger partial charge on any atom is -0.0933 e.